The Morgan fingerprint density at radius 3 is 2.81 bits per heavy atom. The largest absolute Gasteiger partial charge is 0.362 e. The first-order chi connectivity index (χ1) is 10.2. The Labute approximate surface area is 130 Å². The maximum atomic E-state index is 12.0. The fraction of sp³-hybridized carbons (Fsp3) is 0. The lowest BCUT2D eigenvalue weighted by molar-refractivity contribution is 0.104. The minimum absolute atomic E-state index is 0.0422. The summed E-state index contributed by atoms with van der Waals surface area (Å²) in [6.45, 7) is 0. The molecule has 0 aliphatic heterocycles. The molecule has 0 radical (unpaired) electrons. The fourth-order valence-corrected chi connectivity index (χ4v) is 2.22. The lowest BCUT2D eigenvalue weighted by Gasteiger charge is -2.00. The third-order valence-electron chi connectivity index (χ3n) is 3.05. The van der Waals surface area contributed by atoms with Crippen LogP contribution in [0.25, 0.3) is 10.9 Å². The maximum absolute atomic E-state index is 12.0. The van der Waals surface area contributed by atoms with Gasteiger partial charge in [0.1, 0.15) is 0 Å². The summed E-state index contributed by atoms with van der Waals surface area (Å²) >= 11 is 3.34. The number of aromatic amines is 1. The van der Waals surface area contributed by atoms with Gasteiger partial charge in [0.15, 0.2) is 5.78 Å². The van der Waals surface area contributed by atoms with Crippen LogP contribution in [0, 0.1) is 0 Å². The van der Waals surface area contributed by atoms with Crippen LogP contribution in [0.2, 0.25) is 0 Å². The van der Waals surface area contributed by atoms with Gasteiger partial charge in [0.05, 0.1) is 11.7 Å². The molecule has 0 spiro atoms. The van der Waals surface area contributed by atoms with Crippen molar-refractivity contribution in [1.29, 1.82) is 0 Å². The van der Waals surface area contributed by atoms with Crippen LogP contribution >= 0.6 is 15.9 Å². The van der Waals surface area contributed by atoms with Gasteiger partial charge in [-0.1, -0.05) is 15.9 Å². The molecule has 0 aliphatic carbocycles. The molecule has 3 rings (SSSR count). The van der Waals surface area contributed by atoms with E-state index >= 15 is 0 Å². The number of H-pyrrole nitrogens is 1. The van der Waals surface area contributed by atoms with E-state index in [0.717, 1.165) is 21.1 Å². The number of hydrogen-bond acceptors (Lipinski definition) is 3. The van der Waals surface area contributed by atoms with Crippen molar-refractivity contribution in [3.63, 3.8) is 0 Å². The van der Waals surface area contributed by atoms with Crippen LogP contribution < -0.4 is 5.32 Å². The molecule has 1 heterocycles. The quantitative estimate of drug-likeness (QED) is 0.554. The normalized spacial score (nSPS) is 11.1. The van der Waals surface area contributed by atoms with Crippen LogP contribution in [0.4, 0.5) is 5.69 Å². The van der Waals surface area contributed by atoms with Gasteiger partial charge in [-0.15, -0.1) is 0 Å². The highest BCUT2D eigenvalue weighted by atomic mass is 79.9. The van der Waals surface area contributed by atoms with Gasteiger partial charge < -0.3 is 5.32 Å². The number of carbonyl (C=O) groups is 1. The first-order valence-corrected chi connectivity index (χ1v) is 7.18. The van der Waals surface area contributed by atoms with Crippen molar-refractivity contribution in [2.45, 2.75) is 0 Å². The Hall–Kier alpha value is -2.40. The Morgan fingerprint density at radius 1 is 1.19 bits per heavy atom. The number of allylic oxidation sites excluding steroid dienone is 1. The van der Waals surface area contributed by atoms with Crippen molar-refractivity contribution in [2.24, 2.45) is 0 Å². The third kappa shape index (κ3) is 3.20. The van der Waals surface area contributed by atoms with Crippen molar-refractivity contribution in [3.8, 4) is 0 Å². The molecule has 2 aromatic carbocycles. The van der Waals surface area contributed by atoms with Crippen molar-refractivity contribution in [3.05, 3.63) is 71.0 Å². The van der Waals surface area contributed by atoms with Gasteiger partial charge in [-0.25, -0.2) is 0 Å². The van der Waals surface area contributed by atoms with Crippen molar-refractivity contribution in [1.82, 2.24) is 10.2 Å². The topological polar surface area (TPSA) is 57.8 Å². The molecule has 0 amide bonds. The monoisotopic (exact) mass is 341 g/mol. The van der Waals surface area contributed by atoms with Gasteiger partial charge in [-0.2, -0.15) is 5.10 Å². The summed E-state index contributed by atoms with van der Waals surface area (Å²) in [4.78, 5) is 12.0. The summed E-state index contributed by atoms with van der Waals surface area (Å²) in [7, 11) is 0. The van der Waals surface area contributed by atoms with E-state index in [2.05, 4.69) is 31.4 Å². The lowest BCUT2D eigenvalue weighted by atomic mass is 10.1. The number of nitrogens with one attached hydrogen (secondary N) is 2. The molecular formula is C16H12BrN3O. The maximum Gasteiger partial charge on any atom is 0.187 e. The molecule has 1 aromatic heterocycles. The number of halogens is 1. The van der Waals surface area contributed by atoms with Crippen LogP contribution in [-0.2, 0) is 0 Å². The molecule has 104 valence electrons. The SMILES string of the molecule is O=C(/C=C/Nc1ccc2[nH]ncc2c1)c1ccc(Br)cc1. The molecule has 0 saturated heterocycles. The summed E-state index contributed by atoms with van der Waals surface area (Å²) in [5, 5.41) is 11.0. The van der Waals surface area contributed by atoms with Gasteiger partial charge >= 0.3 is 0 Å². The van der Waals surface area contributed by atoms with Crippen LogP contribution in [0.15, 0.2) is 65.4 Å². The lowest BCUT2D eigenvalue weighted by Crippen LogP contribution is -1.95. The Balaban J connectivity index is 1.68. The fourth-order valence-electron chi connectivity index (χ4n) is 1.96. The zero-order valence-corrected chi connectivity index (χ0v) is 12.6. The third-order valence-corrected chi connectivity index (χ3v) is 3.58. The van der Waals surface area contributed by atoms with Gasteiger partial charge in [-0.05, 0) is 42.5 Å². The summed E-state index contributed by atoms with van der Waals surface area (Å²) in [6.07, 6.45) is 4.92. The number of carbonyl (C=O) groups excluding carboxylic acids is 1. The van der Waals surface area contributed by atoms with Crippen LogP contribution in [0.5, 0.6) is 0 Å². The molecule has 21 heavy (non-hydrogen) atoms. The van der Waals surface area contributed by atoms with E-state index < -0.39 is 0 Å². The Morgan fingerprint density at radius 2 is 2.00 bits per heavy atom. The van der Waals surface area contributed by atoms with E-state index in [-0.39, 0.29) is 5.78 Å². The summed E-state index contributed by atoms with van der Waals surface area (Å²) in [6, 6.07) is 13.1. The molecule has 0 unspecified atom stereocenters. The van der Waals surface area contributed by atoms with E-state index in [1.54, 1.807) is 24.5 Å². The number of fused-ring (bicyclic) bond motifs is 1. The zero-order valence-electron chi connectivity index (χ0n) is 11.0. The highest BCUT2D eigenvalue weighted by molar-refractivity contribution is 9.10. The number of anilines is 1. The Bertz CT molecular complexity index is 806. The molecule has 0 atom stereocenters. The average molecular weight is 342 g/mol. The van der Waals surface area contributed by atoms with Crippen molar-refractivity contribution >= 4 is 38.3 Å². The van der Waals surface area contributed by atoms with E-state index in [1.165, 1.54) is 6.08 Å². The minimum atomic E-state index is -0.0422. The number of hydrogen-bond donors (Lipinski definition) is 2. The van der Waals surface area contributed by atoms with Gasteiger partial charge in [0.25, 0.3) is 0 Å². The first-order valence-electron chi connectivity index (χ1n) is 6.38. The second-order valence-corrected chi connectivity index (χ2v) is 5.44. The molecule has 0 saturated carbocycles. The summed E-state index contributed by atoms with van der Waals surface area (Å²) < 4.78 is 0.953. The smallest absolute Gasteiger partial charge is 0.187 e. The molecule has 2 N–H and O–H groups in total. The van der Waals surface area contributed by atoms with E-state index in [1.807, 2.05) is 30.3 Å². The number of ketones is 1. The number of aromatic nitrogens is 2. The molecule has 0 aliphatic rings. The van der Waals surface area contributed by atoms with Crippen molar-refractivity contribution < 1.29 is 4.79 Å². The molecule has 0 bridgehead atoms. The minimum Gasteiger partial charge on any atom is -0.362 e. The van der Waals surface area contributed by atoms with E-state index in [4.69, 9.17) is 0 Å². The van der Waals surface area contributed by atoms with Crippen molar-refractivity contribution in [2.75, 3.05) is 5.32 Å². The van der Waals surface area contributed by atoms with Crippen LogP contribution in [0.3, 0.4) is 0 Å². The molecule has 4 nitrogen and oxygen atoms in total. The Kier molecular flexibility index (Phi) is 3.83. The molecular weight excluding hydrogens is 330 g/mol. The zero-order chi connectivity index (χ0) is 14.7. The predicted octanol–water partition coefficient (Wildman–Crippen LogP) is 4.13. The number of benzene rings is 2. The summed E-state index contributed by atoms with van der Waals surface area (Å²) in [5.74, 6) is -0.0422. The van der Waals surface area contributed by atoms with E-state index in [9.17, 15) is 4.79 Å². The van der Waals surface area contributed by atoms with Crippen LogP contribution in [0.1, 0.15) is 10.4 Å². The van der Waals surface area contributed by atoms with Gasteiger partial charge in [0.2, 0.25) is 0 Å². The van der Waals surface area contributed by atoms with Crippen LogP contribution in [-0.4, -0.2) is 16.0 Å². The van der Waals surface area contributed by atoms with Gasteiger partial charge in [-0.3, -0.25) is 9.89 Å². The number of rotatable bonds is 4. The second kappa shape index (κ2) is 5.93. The molecule has 0 fully saturated rings. The van der Waals surface area contributed by atoms with E-state index in [0.29, 0.717) is 5.56 Å². The number of nitrogens with zero attached hydrogens (tertiary/aromatic N) is 1. The predicted molar refractivity (Wildman–Crippen MR) is 87.3 cm³/mol. The average Bonchev–Trinajstić information content (AvgIpc) is 2.95. The second-order valence-electron chi connectivity index (χ2n) is 4.52. The highest BCUT2D eigenvalue weighted by Crippen LogP contribution is 2.16. The summed E-state index contributed by atoms with van der Waals surface area (Å²) in [5.41, 5.74) is 2.54. The highest BCUT2D eigenvalue weighted by Gasteiger charge is 2.01. The molecule has 3 aromatic rings. The van der Waals surface area contributed by atoms with Gasteiger partial charge in [0, 0.05) is 33.4 Å². The standard InChI is InChI=1S/C16H12BrN3O/c17-13-3-1-11(2-4-13)16(21)7-8-18-14-5-6-15-12(9-14)10-19-20-15/h1-10,18H,(H,19,20)/b8-7+. The molecule has 5 heteroatoms. The first kappa shape index (κ1) is 13.6.